The summed E-state index contributed by atoms with van der Waals surface area (Å²) in [5, 5.41) is 4.08. The summed E-state index contributed by atoms with van der Waals surface area (Å²) in [5.41, 5.74) is 1.04. The average Bonchev–Trinajstić information content (AvgIpc) is 2.79. The topological polar surface area (TPSA) is 40.7 Å². The number of thioether (sulfide) groups is 1. The number of nitrogens with one attached hydrogen (secondary N) is 2. The molecule has 0 saturated carbocycles. The van der Waals surface area contributed by atoms with E-state index in [2.05, 4.69) is 15.3 Å². The van der Waals surface area contributed by atoms with Gasteiger partial charge in [-0.15, -0.1) is 11.8 Å². The van der Waals surface area contributed by atoms with E-state index in [4.69, 9.17) is 11.6 Å². The second-order valence-electron chi connectivity index (χ2n) is 3.21. The Hall–Kier alpha value is -1.13. The highest BCUT2D eigenvalue weighted by atomic mass is 35.5. The summed E-state index contributed by atoms with van der Waals surface area (Å²) in [6, 6.07) is 5.85. The van der Waals surface area contributed by atoms with E-state index >= 15 is 0 Å². The summed E-state index contributed by atoms with van der Waals surface area (Å²) in [7, 11) is 0. The van der Waals surface area contributed by atoms with Gasteiger partial charge in [0.15, 0.2) is 0 Å². The second-order valence-corrected chi connectivity index (χ2v) is 4.43. The van der Waals surface area contributed by atoms with Gasteiger partial charge >= 0.3 is 0 Å². The predicted molar refractivity (Wildman–Crippen MR) is 69.1 cm³/mol. The Balaban J connectivity index is 2.12. The van der Waals surface area contributed by atoms with Crippen LogP contribution in [-0.4, -0.2) is 16.2 Å². The van der Waals surface area contributed by atoms with Crippen LogP contribution in [-0.2, 0) is 6.54 Å². The Labute approximate surface area is 104 Å². The number of H-pyrrole nitrogens is 1. The monoisotopic (exact) mass is 253 g/mol. The van der Waals surface area contributed by atoms with Crippen molar-refractivity contribution in [3.05, 3.63) is 41.4 Å². The molecule has 0 fully saturated rings. The first-order chi connectivity index (χ1) is 7.81. The molecule has 0 saturated heterocycles. The van der Waals surface area contributed by atoms with Crippen LogP contribution in [0.4, 0.5) is 5.69 Å². The molecule has 0 aliphatic rings. The zero-order valence-corrected chi connectivity index (χ0v) is 10.4. The van der Waals surface area contributed by atoms with Gasteiger partial charge in [-0.3, -0.25) is 0 Å². The molecule has 3 nitrogen and oxygen atoms in total. The van der Waals surface area contributed by atoms with E-state index in [1.165, 1.54) is 0 Å². The molecule has 16 heavy (non-hydrogen) atoms. The molecule has 0 amide bonds. The fourth-order valence-corrected chi connectivity index (χ4v) is 2.46. The largest absolute Gasteiger partial charge is 0.377 e. The average molecular weight is 254 g/mol. The standard InChI is InChI=1S/C11H12ClN3S/c1-16-11-8(12)3-2-4-9(11)15-7-10-13-5-6-14-10/h2-6,15H,7H2,1H3,(H,13,14). The summed E-state index contributed by atoms with van der Waals surface area (Å²) in [5.74, 6) is 0.909. The number of anilines is 1. The molecule has 84 valence electrons. The maximum Gasteiger partial charge on any atom is 0.125 e. The zero-order chi connectivity index (χ0) is 11.4. The third kappa shape index (κ3) is 2.51. The predicted octanol–water partition coefficient (Wildman–Crippen LogP) is 3.40. The van der Waals surface area contributed by atoms with Crippen molar-refractivity contribution in [3.63, 3.8) is 0 Å². The lowest BCUT2D eigenvalue weighted by atomic mass is 10.3. The minimum Gasteiger partial charge on any atom is -0.377 e. The first-order valence-corrected chi connectivity index (χ1v) is 6.46. The molecule has 1 aromatic heterocycles. The third-order valence-corrected chi connectivity index (χ3v) is 3.45. The fraction of sp³-hybridized carbons (Fsp3) is 0.182. The summed E-state index contributed by atoms with van der Waals surface area (Å²) < 4.78 is 0. The van der Waals surface area contributed by atoms with Gasteiger partial charge in [-0.2, -0.15) is 0 Å². The van der Waals surface area contributed by atoms with E-state index in [9.17, 15) is 0 Å². The number of hydrogen-bond donors (Lipinski definition) is 2. The van der Waals surface area contributed by atoms with Gasteiger partial charge in [-0.05, 0) is 18.4 Å². The maximum atomic E-state index is 6.11. The number of halogens is 1. The van der Waals surface area contributed by atoms with Gasteiger partial charge in [-0.25, -0.2) is 4.98 Å². The number of aromatic amines is 1. The smallest absolute Gasteiger partial charge is 0.125 e. The minimum absolute atomic E-state index is 0.668. The molecule has 0 aliphatic carbocycles. The number of nitrogens with zero attached hydrogens (tertiary/aromatic N) is 1. The summed E-state index contributed by atoms with van der Waals surface area (Å²) in [6.07, 6.45) is 5.56. The Morgan fingerprint density at radius 1 is 1.50 bits per heavy atom. The normalized spacial score (nSPS) is 10.4. The first kappa shape index (κ1) is 11.4. The van der Waals surface area contributed by atoms with Crippen LogP contribution in [0.3, 0.4) is 0 Å². The molecule has 0 atom stereocenters. The molecule has 2 aromatic rings. The third-order valence-electron chi connectivity index (χ3n) is 2.17. The molecular formula is C11H12ClN3S. The SMILES string of the molecule is CSc1c(Cl)cccc1NCc1ncc[nH]1. The number of benzene rings is 1. The lowest BCUT2D eigenvalue weighted by Crippen LogP contribution is -2.02. The van der Waals surface area contributed by atoms with Crippen molar-refractivity contribution in [2.75, 3.05) is 11.6 Å². The highest BCUT2D eigenvalue weighted by molar-refractivity contribution is 7.98. The lowest BCUT2D eigenvalue weighted by molar-refractivity contribution is 0.994. The number of aromatic nitrogens is 2. The molecule has 1 heterocycles. The van der Waals surface area contributed by atoms with Crippen LogP contribution in [0.25, 0.3) is 0 Å². The lowest BCUT2D eigenvalue weighted by Gasteiger charge is -2.10. The van der Waals surface area contributed by atoms with Crippen molar-refractivity contribution in [1.82, 2.24) is 9.97 Å². The molecule has 0 bridgehead atoms. The van der Waals surface area contributed by atoms with E-state index in [0.29, 0.717) is 6.54 Å². The maximum absolute atomic E-state index is 6.11. The van der Waals surface area contributed by atoms with E-state index in [1.54, 1.807) is 18.0 Å². The van der Waals surface area contributed by atoms with Crippen molar-refractivity contribution < 1.29 is 0 Å². The van der Waals surface area contributed by atoms with E-state index in [-0.39, 0.29) is 0 Å². The highest BCUT2D eigenvalue weighted by Gasteiger charge is 2.05. The van der Waals surface area contributed by atoms with Gasteiger partial charge in [0.25, 0.3) is 0 Å². The van der Waals surface area contributed by atoms with Gasteiger partial charge in [0, 0.05) is 23.0 Å². The van der Waals surface area contributed by atoms with E-state index in [0.717, 1.165) is 21.4 Å². The van der Waals surface area contributed by atoms with Crippen LogP contribution < -0.4 is 5.32 Å². The second kappa shape index (κ2) is 5.27. The Kier molecular flexibility index (Phi) is 3.74. The molecule has 1 aromatic carbocycles. The van der Waals surface area contributed by atoms with Crippen LogP contribution in [0.1, 0.15) is 5.82 Å². The van der Waals surface area contributed by atoms with Gasteiger partial charge in [0.05, 0.1) is 11.6 Å². The summed E-state index contributed by atoms with van der Waals surface area (Å²) in [6.45, 7) is 0.668. The molecule has 5 heteroatoms. The summed E-state index contributed by atoms with van der Waals surface area (Å²) >= 11 is 7.74. The fourth-order valence-electron chi connectivity index (χ4n) is 1.43. The van der Waals surface area contributed by atoms with Crippen LogP contribution in [0.5, 0.6) is 0 Å². The molecule has 2 rings (SSSR count). The van der Waals surface area contributed by atoms with Gasteiger partial charge < -0.3 is 10.3 Å². The quantitative estimate of drug-likeness (QED) is 0.821. The Bertz CT molecular complexity index is 456. The number of imidazole rings is 1. The first-order valence-electron chi connectivity index (χ1n) is 4.86. The number of hydrogen-bond acceptors (Lipinski definition) is 3. The van der Waals surface area contributed by atoms with Crippen molar-refractivity contribution in [2.24, 2.45) is 0 Å². The van der Waals surface area contributed by atoms with E-state index in [1.807, 2.05) is 30.7 Å². The van der Waals surface area contributed by atoms with Crippen LogP contribution in [0.2, 0.25) is 5.02 Å². The molecule has 2 N–H and O–H groups in total. The molecular weight excluding hydrogens is 242 g/mol. The van der Waals surface area contributed by atoms with Crippen LogP contribution in [0, 0.1) is 0 Å². The van der Waals surface area contributed by atoms with E-state index < -0.39 is 0 Å². The molecule has 0 radical (unpaired) electrons. The minimum atomic E-state index is 0.668. The molecule has 0 spiro atoms. The van der Waals surface area contributed by atoms with Gasteiger partial charge in [0.1, 0.15) is 5.82 Å². The van der Waals surface area contributed by atoms with Crippen LogP contribution in [0.15, 0.2) is 35.5 Å². The van der Waals surface area contributed by atoms with Crippen molar-refractivity contribution in [2.45, 2.75) is 11.4 Å². The van der Waals surface area contributed by atoms with Crippen LogP contribution >= 0.6 is 23.4 Å². The Morgan fingerprint density at radius 3 is 3.06 bits per heavy atom. The zero-order valence-electron chi connectivity index (χ0n) is 8.83. The van der Waals surface area contributed by atoms with Crippen molar-refractivity contribution >= 4 is 29.1 Å². The molecule has 0 aliphatic heterocycles. The van der Waals surface area contributed by atoms with Crippen molar-refractivity contribution in [3.8, 4) is 0 Å². The number of rotatable bonds is 4. The Morgan fingerprint density at radius 2 is 2.38 bits per heavy atom. The van der Waals surface area contributed by atoms with Gasteiger partial charge in [0.2, 0.25) is 0 Å². The summed E-state index contributed by atoms with van der Waals surface area (Å²) in [4.78, 5) is 8.26. The highest BCUT2D eigenvalue weighted by Crippen LogP contribution is 2.32. The van der Waals surface area contributed by atoms with Gasteiger partial charge in [-0.1, -0.05) is 17.7 Å². The molecule has 0 unspecified atom stereocenters. The van der Waals surface area contributed by atoms with Crippen molar-refractivity contribution in [1.29, 1.82) is 0 Å².